The molecule has 2 heterocycles. The minimum atomic E-state index is -0.348. The lowest BCUT2D eigenvalue weighted by Gasteiger charge is -2.15. The van der Waals surface area contributed by atoms with Gasteiger partial charge in [-0.15, -0.1) is 10.2 Å². The van der Waals surface area contributed by atoms with Crippen LogP contribution in [0.25, 0.3) is 11.6 Å². The summed E-state index contributed by atoms with van der Waals surface area (Å²) in [5, 5.41) is 11.5. The molecule has 1 atom stereocenters. The van der Waals surface area contributed by atoms with E-state index < -0.39 is 0 Å². The molecule has 0 aliphatic carbocycles. The van der Waals surface area contributed by atoms with E-state index in [1.54, 1.807) is 12.3 Å². The van der Waals surface area contributed by atoms with E-state index in [4.69, 9.17) is 4.42 Å². The average Bonchev–Trinajstić information content (AvgIpc) is 3.30. The van der Waals surface area contributed by atoms with Crippen LogP contribution in [0.3, 0.4) is 0 Å². The zero-order valence-electron chi connectivity index (χ0n) is 14.5. The molecule has 1 amide bonds. The Morgan fingerprint density at radius 1 is 1.27 bits per heavy atom. The van der Waals surface area contributed by atoms with Gasteiger partial charge in [-0.05, 0) is 49.7 Å². The molecule has 3 aromatic rings. The van der Waals surface area contributed by atoms with Crippen LogP contribution in [-0.4, -0.2) is 25.9 Å². The maximum absolute atomic E-state index is 13.0. The number of halogens is 1. The zero-order valence-corrected chi connectivity index (χ0v) is 15.3. The van der Waals surface area contributed by atoms with Crippen LogP contribution in [0.4, 0.5) is 10.1 Å². The predicted molar refractivity (Wildman–Crippen MR) is 98.4 cm³/mol. The van der Waals surface area contributed by atoms with Crippen LogP contribution in [0.2, 0.25) is 0 Å². The average molecular weight is 374 g/mol. The summed E-state index contributed by atoms with van der Waals surface area (Å²) in [7, 11) is 0. The highest BCUT2D eigenvalue weighted by Gasteiger charge is 2.23. The third kappa shape index (κ3) is 3.96. The first-order valence-corrected chi connectivity index (χ1v) is 9.20. The first-order chi connectivity index (χ1) is 12.6. The van der Waals surface area contributed by atoms with Crippen molar-refractivity contribution in [2.75, 3.05) is 5.32 Å². The molecule has 1 aromatic carbocycles. The number of carbonyl (C=O) groups excluding carboxylic acids is 1. The smallest absolute Gasteiger partial charge is 0.237 e. The third-order valence-electron chi connectivity index (χ3n) is 3.80. The van der Waals surface area contributed by atoms with Gasteiger partial charge in [-0.2, -0.15) is 0 Å². The minimum absolute atomic E-state index is 0.158. The molecule has 136 valence electrons. The molecule has 26 heavy (non-hydrogen) atoms. The highest BCUT2D eigenvalue weighted by molar-refractivity contribution is 8.00. The molecule has 1 N–H and O–H groups in total. The van der Waals surface area contributed by atoms with Crippen LogP contribution in [0.15, 0.2) is 52.2 Å². The number of hydrogen-bond acceptors (Lipinski definition) is 5. The predicted octanol–water partition coefficient (Wildman–Crippen LogP) is 4.21. The van der Waals surface area contributed by atoms with E-state index in [0.29, 0.717) is 35.4 Å². The number of nitrogens with zero attached hydrogens (tertiary/aromatic N) is 3. The number of aromatic nitrogens is 3. The van der Waals surface area contributed by atoms with E-state index in [0.717, 1.165) is 0 Å². The molecule has 0 spiro atoms. The van der Waals surface area contributed by atoms with Crippen molar-refractivity contribution in [3.63, 3.8) is 0 Å². The van der Waals surface area contributed by atoms with Gasteiger partial charge in [0.05, 0.1) is 11.5 Å². The molecular weight excluding hydrogens is 355 g/mol. The fourth-order valence-electron chi connectivity index (χ4n) is 2.45. The van der Waals surface area contributed by atoms with Crippen molar-refractivity contribution in [2.24, 2.45) is 0 Å². The Morgan fingerprint density at radius 2 is 2.04 bits per heavy atom. The second kappa shape index (κ2) is 8.18. The van der Waals surface area contributed by atoms with Crippen molar-refractivity contribution < 1.29 is 13.6 Å². The van der Waals surface area contributed by atoms with Gasteiger partial charge in [0.15, 0.2) is 16.7 Å². The first kappa shape index (κ1) is 18.2. The van der Waals surface area contributed by atoms with Crippen molar-refractivity contribution in [1.29, 1.82) is 0 Å². The van der Waals surface area contributed by atoms with Gasteiger partial charge >= 0.3 is 0 Å². The Bertz CT molecular complexity index is 862. The van der Waals surface area contributed by atoms with Gasteiger partial charge in [0.1, 0.15) is 5.82 Å². The second-order valence-corrected chi connectivity index (χ2v) is 6.71. The number of carbonyl (C=O) groups is 1. The van der Waals surface area contributed by atoms with Gasteiger partial charge in [-0.1, -0.05) is 18.7 Å². The summed E-state index contributed by atoms with van der Waals surface area (Å²) in [5.41, 5.74) is 0.559. The summed E-state index contributed by atoms with van der Waals surface area (Å²) in [6, 6.07) is 9.31. The molecule has 3 rings (SSSR count). The van der Waals surface area contributed by atoms with Gasteiger partial charge in [0, 0.05) is 12.2 Å². The molecule has 0 unspecified atom stereocenters. The highest BCUT2D eigenvalue weighted by atomic mass is 32.2. The fourth-order valence-corrected chi connectivity index (χ4v) is 3.47. The lowest BCUT2D eigenvalue weighted by atomic mass is 10.2. The summed E-state index contributed by atoms with van der Waals surface area (Å²) >= 11 is 1.35. The molecular formula is C18H19FN4O2S. The van der Waals surface area contributed by atoms with Gasteiger partial charge in [-0.3, -0.25) is 9.36 Å². The van der Waals surface area contributed by atoms with Crippen LogP contribution in [0.1, 0.15) is 20.3 Å². The number of anilines is 1. The largest absolute Gasteiger partial charge is 0.461 e. The molecule has 0 fully saturated rings. The molecule has 0 aliphatic heterocycles. The zero-order chi connectivity index (χ0) is 18.5. The van der Waals surface area contributed by atoms with E-state index in [2.05, 4.69) is 15.5 Å². The molecule has 0 saturated carbocycles. The first-order valence-electron chi connectivity index (χ1n) is 8.32. The standard InChI is InChI=1S/C18H19FN4O2S/c1-3-15(17(24)20-13-9-7-12(19)8-10-13)26-18-22-21-16(23(18)4-2)14-6-5-11-25-14/h5-11,15H,3-4H2,1-2H3,(H,20,24)/t15-/m1/s1. The lowest BCUT2D eigenvalue weighted by molar-refractivity contribution is -0.115. The summed E-state index contributed by atoms with van der Waals surface area (Å²) in [5.74, 6) is 0.768. The number of rotatable bonds is 7. The van der Waals surface area contributed by atoms with E-state index in [1.807, 2.05) is 24.5 Å². The Morgan fingerprint density at radius 3 is 2.65 bits per heavy atom. The van der Waals surface area contributed by atoms with Crippen molar-refractivity contribution in [2.45, 2.75) is 37.2 Å². The van der Waals surface area contributed by atoms with E-state index >= 15 is 0 Å². The third-order valence-corrected chi connectivity index (χ3v) is 5.14. The maximum Gasteiger partial charge on any atom is 0.237 e. The molecule has 6 nitrogen and oxygen atoms in total. The van der Waals surface area contributed by atoms with Crippen LogP contribution in [0, 0.1) is 5.82 Å². The Hall–Kier alpha value is -2.61. The van der Waals surface area contributed by atoms with Gasteiger partial charge in [-0.25, -0.2) is 4.39 Å². The van der Waals surface area contributed by atoms with Crippen molar-refractivity contribution in [3.8, 4) is 11.6 Å². The summed E-state index contributed by atoms with van der Waals surface area (Å²) < 4.78 is 20.3. The van der Waals surface area contributed by atoms with Crippen LogP contribution < -0.4 is 5.32 Å². The SMILES string of the molecule is CC[C@@H](Sc1nnc(-c2ccco2)n1CC)C(=O)Nc1ccc(F)cc1. The highest BCUT2D eigenvalue weighted by Crippen LogP contribution is 2.29. The fraction of sp³-hybridized carbons (Fsp3) is 0.278. The number of amides is 1. The van der Waals surface area contributed by atoms with Gasteiger partial charge in [0.2, 0.25) is 5.91 Å². The second-order valence-electron chi connectivity index (χ2n) is 5.54. The van der Waals surface area contributed by atoms with E-state index in [-0.39, 0.29) is 17.0 Å². The number of benzene rings is 1. The number of thioether (sulfide) groups is 1. The molecule has 2 aromatic heterocycles. The van der Waals surface area contributed by atoms with Crippen molar-refractivity contribution in [3.05, 3.63) is 48.5 Å². The Balaban J connectivity index is 1.75. The van der Waals surface area contributed by atoms with E-state index in [1.165, 1.54) is 36.0 Å². The molecule has 8 heteroatoms. The Labute approximate surface area is 154 Å². The quantitative estimate of drug-likeness (QED) is 0.627. The van der Waals surface area contributed by atoms with Crippen LogP contribution >= 0.6 is 11.8 Å². The lowest BCUT2D eigenvalue weighted by Crippen LogP contribution is -2.25. The minimum Gasteiger partial charge on any atom is -0.461 e. The summed E-state index contributed by atoms with van der Waals surface area (Å²) in [4.78, 5) is 12.6. The summed E-state index contributed by atoms with van der Waals surface area (Å²) in [6.07, 6.45) is 2.20. The molecule has 0 bridgehead atoms. The Kier molecular flexibility index (Phi) is 5.72. The maximum atomic E-state index is 13.0. The number of furan rings is 1. The summed E-state index contributed by atoms with van der Waals surface area (Å²) in [6.45, 7) is 4.57. The van der Waals surface area contributed by atoms with Crippen molar-refractivity contribution in [1.82, 2.24) is 14.8 Å². The molecule has 0 aliphatic rings. The van der Waals surface area contributed by atoms with Crippen LogP contribution in [-0.2, 0) is 11.3 Å². The normalized spacial score (nSPS) is 12.1. The van der Waals surface area contributed by atoms with Crippen LogP contribution in [0.5, 0.6) is 0 Å². The monoisotopic (exact) mass is 374 g/mol. The van der Waals surface area contributed by atoms with Crippen molar-refractivity contribution >= 4 is 23.4 Å². The number of hydrogen-bond donors (Lipinski definition) is 1. The van der Waals surface area contributed by atoms with Gasteiger partial charge in [0.25, 0.3) is 0 Å². The molecule has 0 saturated heterocycles. The van der Waals surface area contributed by atoms with E-state index in [9.17, 15) is 9.18 Å². The number of nitrogens with one attached hydrogen (secondary N) is 1. The topological polar surface area (TPSA) is 73.0 Å². The van der Waals surface area contributed by atoms with Gasteiger partial charge < -0.3 is 9.73 Å². The molecule has 0 radical (unpaired) electrons.